The lowest BCUT2D eigenvalue weighted by molar-refractivity contribution is 0.0600. The number of thiazole rings is 1. The van der Waals surface area contributed by atoms with Gasteiger partial charge in [-0.3, -0.25) is 4.79 Å². The van der Waals surface area contributed by atoms with E-state index in [2.05, 4.69) is 4.99 Å². The molecule has 1 heterocycles. The molecule has 0 aliphatic heterocycles. The van der Waals surface area contributed by atoms with E-state index in [1.165, 1.54) is 47.0 Å². The first-order valence-corrected chi connectivity index (χ1v) is 15.0. The third-order valence-electron chi connectivity index (χ3n) is 6.83. The average molecular weight is 560 g/mol. The van der Waals surface area contributed by atoms with Crippen LogP contribution in [0.1, 0.15) is 59.7 Å². The number of benzene rings is 2. The highest BCUT2D eigenvalue weighted by Gasteiger charge is 2.29. The number of fused-ring (bicyclic) bond motifs is 1. The summed E-state index contributed by atoms with van der Waals surface area (Å²) in [5.74, 6) is -0.931. The van der Waals surface area contributed by atoms with Crippen LogP contribution < -0.4 is 4.80 Å². The van der Waals surface area contributed by atoms with Gasteiger partial charge in [-0.05, 0) is 62.2 Å². The lowest BCUT2D eigenvalue weighted by atomic mass is 9.96. The van der Waals surface area contributed by atoms with Crippen molar-refractivity contribution in [3.8, 4) is 0 Å². The fourth-order valence-electron chi connectivity index (χ4n) is 4.65. The van der Waals surface area contributed by atoms with Crippen molar-refractivity contribution in [1.29, 1.82) is 0 Å². The van der Waals surface area contributed by atoms with Crippen LogP contribution in [0.15, 0.2) is 52.4 Å². The van der Waals surface area contributed by atoms with Crippen molar-refractivity contribution < 1.29 is 27.5 Å². The highest BCUT2D eigenvalue weighted by molar-refractivity contribution is 7.89. The predicted octanol–water partition coefficient (Wildman–Crippen LogP) is 4.22. The largest absolute Gasteiger partial charge is 0.465 e. The number of carbonyl (C=O) groups is 2. The highest BCUT2D eigenvalue weighted by atomic mass is 32.2. The minimum Gasteiger partial charge on any atom is -0.465 e. The zero-order valence-corrected chi connectivity index (χ0v) is 23.5. The Balaban J connectivity index is 1.63. The maximum absolute atomic E-state index is 13.1. The van der Waals surface area contributed by atoms with E-state index in [1.54, 1.807) is 25.2 Å². The van der Waals surface area contributed by atoms with Crippen LogP contribution in [-0.4, -0.2) is 62.6 Å². The number of esters is 1. The molecule has 1 aliphatic rings. The molecule has 0 saturated heterocycles. The van der Waals surface area contributed by atoms with Gasteiger partial charge in [0.15, 0.2) is 4.80 Å². The second kappa shape index (κ2) is 12.3. The van der Waals surface area contributed by atoms with Crippen LogP contribution in [0.5, 0.6) is 0 Å². The number of sulfonamides is 1. The molecule has 2 aromatic carbocycles. The Labute approximate surface area is 226 Å². The van der Waals surface area contributed by atoms with Gasteiger partial charge in [0.1, 0.15) is 0 Å². The topological polar surface area (TPSA) is 107 Å². The molecule has 4 rings (SSSR count). The first-order valence-electron chi connectivity index (χ1n) is 12.7. The highest BCUT2D eigenvalue weighted by Crippen LogP contribution is 2.27. The number of aromatic nitrogens is 1. The van der Waals surface area contributed by atoms with Crippen molar-refractivity contribution in [2.24, 2.45) is 4.99 Å². The Morgan fingerprint density at radius 3 is 2.42 bits per heavy atom. The molecule has 1 fully saturated rings. The van der Waals surface area contributed by atoms with Gasteiger partial charge < -0.3 is 14.0 Å². The number of methoxy groups -OCH3 is 1. The third-order valence-corrected chi connectivity index (χ3v) is 9.80. The summed E-state index contributed by atoms with van der Waals surface area (Å²) in [7, 11) is -0.693. The van der Waals surface area contributed by atoms with Crippen molar-refractivity contribution in [3.63, 3.8) is 0 Å². The Morgan fingerprint density at radius 2 is 1.76 bits per heavy atom. The smallest absolute Gasteiger partial charge is 0.337 e. The van der Waals surface area contributed by atoms with Gasteiger partial charge in [-0.1, -0.05) is 30.6 Å². The molecule has 38 heavy (non-hydrogen) atoms. The van der Waals surface area contributed by atoms with Crippen molar-refractivity contribution in [3.05, 3.63) is 58.4 Å². The molecule has 0 atom stereocenters. The molecule has 9 nitrogen and oxygen atoms in total. The average Bonchev–Trinajstić information content (AvgIpc) is 3.28. The Kier molecular flexibility index (Phi) is 9.14. The van der Waals surface area contributed by atoms with Crippen molar-refractivity contribution in [2.45, 2.75) is 56.5 Å². The number of rotatable bonds is 9. The number of amides is 1. The van der Waals surface area contributed by atoms with E-state index >= 15 is 0 Å². The van der Waals surface area contributed by atoms with Crippen LogP contribution in [0.4, 0.5) is 0 Å². The first-order chi connectivity index (χ1) is 18.3. The van der Waals surface area contributed by atoms with Crippen LogP contribution in [-0.2, 0) is 26.0 Å². The summed E-state index contributed by atoms with van der Waals surface area (Å²) >= 11 is 1.28. The summed E-state index contributed by atoms with van der Waals surface area (Å²) in [6, 6.07) is 11.1. The molecule has 11 heteroatoms. The van der Waals surface area contributed by atoms with E-state index in [-0.39, 0.29) is 16.5 Å². The van der Waals surface area contributed by atoms with Crippen LogP contribution >= 0.6 is 11.3 Å². The third kappa shape index (κ3) is 6.06. The lowest BCUT2D eigenvalue weighted by Gasteiger charge is -2.30. The Bertz CT molecular complexity index is 1470. The molecule has 1 saturated carbocycles. The zero-order valence-electron chi connectivity index (χ0n) is 21.9. The van der Waals surface area contributed by atoms with E-state index in [0.717, 1.165) is 42.3 Å². The molecule has 1 aromatic heterocycles. The number of carbonyl (C=O) groups excluding carboxylic acids is 2. The summed E-state index contributed by atoms with van der Waals surface area (Å²) in [6.45, 7) is 3.38. The monoisotopic (exact) mass is 559 g/mol. The van der Waals surface area contributed by atoms with E-state index in [1.807, 2.05) is 11.5 Å². The van der Waals surface area contributed by atoms with Gasteiger partial charge in [0.25, 0.3) is 5.91 Å². The molecule has 0 unspecified atom stereocenters. The van der Waals surface area contributed by atoms with Crippen molar-refractivity contribution >= 4 is 43.5 Å². The van der Waals surface area contributed by atoms with E-state index < -0.39 is 21.9 Å². The molecule has 0 spiro atoms. The van der Waals surface area contributed by atoms with Crippen molar-refractivity contribution in [1.82, 2.24) is 8.87 Å². The van der Waals surface area contributed by atoms with Crippen LogP contribution in [0.2, 0.25) is 0 Å². The number of nitrogens with zero attached hydrogens (tertiary/aromatic N) is 3. The predicted molar refractivity (Wildman–Crippen MR) is 146 cm³/mol. The van der Waals surface area contributed by atoms with Gasteiger partial charge in [-0.2, -0.15) is 9.30 Å². The molecular weight excluding hydrogens is 526 g/mol. The van der Waals surface area contributed by atoms with E-state index in [4.69, 9.17) is 9.47 Å². The van der Waals surface area contributed by atoms with E-state index in [0.29, 0.717) is 30.1 Å². The number of ether oxygens (including phenoxy) is 2. The van der Waals surface area contributed by atoms with Gasteiger partial charge in [0.2, 0.25) is 10.0 Å². The van der Waals surface area contributed by atoms with Gasteiger partial charge in [-0.15, -0.1) is 0 Å². The van der Waals surface area contributed by atoms with Gasteiger partial charge in [-0.25, -0.2) is 13.2 Å². The zero-order chi connectivity index (χ0) is 27.3. The molecule has 0 radical (unpaired) electrons. The SMILES string of the molecule is CCOCCn1c(=NC(=O)c2ccc(S(=O)(=O)N(C)C3CCCCC3)cc2)sc2cc(C(=O)OC)ccc21. The van der Waals surface area contributed by atoms with Crippen LogP contribution in [0, 0.1) is 0 Å². The van der Waals surface area contributed by atoms with E-state index in [9.17, 15) is 18.0 Å². The second-order valence-electron chi connectivity index (χ2n) is 9.16. The summed E-state index contributed by atoms with van der Waals surface area (Å²) in [5.41, 5.74) is 1.51. The van der Waals surface area contributed by atoms with Gasteiger partial charge in [0, 0.05) is 31.8 Å². The van der Waals surface area contributed by atoms with Crippen LogP contribution in [0.3, 0.4) is 0 Å². The standard InChI is InChI=1S/C27H33N3O6S2/c1-4-36-17-16-30-23-15-12-20(26(32)35-3)18-24(23)37-27(30)28-25(31)19-10-13-22(14-11-19)38(33,34)29(2)21-8-6-5-7-9-21/h10-15,18,21H,4-9,16-17H2,1-3H3. The van der Waals surface area contributed by atoms with Crippen LogP contribution in [0.25, 0.3) is 10.2 Å². The second-order valence-corrected chi connectivity index (χ2v) is 12.2. The number of hydrogen-bond donors (Lipinski definition) is 0. The Morgan fingerprint density at radius 1 is 1.08 bits per heavy atom. The van der Waals surface area contributed by atoms with Gasteiger partial charge >= 0.3 is 5.97 Å². The molecule has 1 aliphatic carbocycles. The summed E-state index contributed by atoms with van der Waals surface area (Å²) in [6.07, 6.45) is 4.94. The van der Waals surface area contributed by atoms with Crippen molar-refractivity contribution in [2.75, 3.05) is 27.4 Å². The quantitative estimate of drug-likeness (QED) is 0.287. The number of hydrogen-bond acceptors (Lipinski definition) is 7. The molecule has 3 aromatic rings. The molecule has 0 bridgehead atoms. The maximum atomic E-state index is 13.1. The normalized spacial score (nSPS) is 15.3. The molecule has 1 amide bonds. The summed E-state index contributed by atoms with van der Waals surface area (Å²) in [5, 5.41) is 0. The first kappa shape index (κ1) is 28.2. The fraction of sp³-hybridized carbons (Fsp3) is 0.444. The molecule has 0 N–H and O–H groups in total. The minimum atomic E-state index is -3.65. The molecule has 204 valence electrons. The van der Waals surface area contributed by atoms with Gasteiger partial charge in [0.05, 0.1) is 34.4 Å². The minimum absolute atomic E-state index is 0.00449. The Hall–Kier alpha value is -2.86. The lowest BCUT2D eigenvalue weighted by Crippen LogP contribution is -2.38. The maximum Gasteiger partial charge on any atom is 0.337 e. The summed E-state index contributed by atoms with van der Waals surface area (Å²) < 4.78 is 40.7. The summed E-state index contributed by atoms with van der Waals surface area (Å²) in [4.78, 5) is 30.1. The fourth-order valence-corrected chi connectivity index (χ4v) is 7.16. The molecular formula is C27H33N3O6S2.